The number of esters is 1. The normalized spacial score (nSPS) is 12.9. The van der Waals surface area contributed by atoms with Gasteiger partial charge in [-0.05, 0) is 89.9 Å². The van der Waals surface area contributed by atoms with E-state index in [-0.39, 0.29) is 18.5 Å². The summed E-state index contributed by atoms with van der Waals surface area (Å²) in [5.41, 5.74) is 0. The van der Waals surface area contributed by atoms with Crippen molar-refractivity contribution in [1.82, 2.24) is 5.32 Å². The van der Waals surface area contributed by atoms with Gasteiger partial charge in [-0.15, -0.1) is 0 Å². The second kappa shape index (κ2) is 58.4. The van der Waals surface area contributed by atoms with Crippen LogP contribution in [-0.4, -0.2) is 47.4 Å². The van der Waals surface area contributed by atoms with Crippen molar-refractivity contribution >= 4 is 11.9 Å². The minimum Gasteiger partial charge on any atom is -0.466 e. The third kappa shape index (κ3) is 55.0. The molecule has 3 N–H and O–H groups in total. The Balaban J connectivity index is 3.41. The van der Waals surface area contributed by atoms with Crippen molar-refractivity contribution in [3.8, 4) is 0 Å². The number of hydrogen-bond acceptors (Lipinski definition) is 5. The quantitative estimate of drug-likeness (QED) is 0.0321. The van der Waals surface area contributed by atoms with Crippen molar-refractivity contribution in [1.29, 1.82) is 0 Å². The molecule has 0 saturated carbocycles. The number of nitrogens with one attached hydrogen (secondary N) is 1. The third-order valence-corrected chi connectivity index (χ3v) is 13.8. The first-order valence-corrected chi connectivity index (χ1v) is 30.4. The van der Waals surface area contributed by atoms with Crippen molar-refractivity contribution in [2.24, 2.45) is 0 Å². The van der Waals surface area contributed by atoms with E-state index in [2.05, 4.69) is 55.6 Å². The number of carbonyl (C=O) groups excluding carboxylic acids is 2. The van der Waals surface area contributed by atoms with Crippen molar-refractivity contribution in [2.45, 2.75) is 328 Å². The van der Waals surface area contributed by atoms with Gasteiger partial charge >= 0.3 is 5.97 Å². The molecule has 0 bridgehead atoms. The molecule has 0 saturated heterocycles. The average molecular weight is 969 g/mol. The number of aliphatic hydroxyl groups is 2. The molecule has 0 fully saturated rings. The van der Waals surface area contributed by atoms with Gasteiger partial charge in [-0.1, -0.05) is 262 Å². The van der Waals surface area contributed by atoms with Gasteiger partial charge in [-0.3, -0.25) is 9.59 Å². The first-order valence-electron chi connectivity index (χ1n) is 30.4. The smallest absolute Gasteiger partial charge is 0.305 e. The Bertz CT molecular complexity index is 1160. The maximum atomic E-state index is 12.4. The lowest BCUT2D eigenvalue weighted by Gasteiger charge is -2.20. The van der Waals surface area contributed by atoms with E-state index in [1.165, 1.54) is 238 Å². The molecule has 2 atom stereocenters. The van der Waals surface area contributed by atoms with Crippen LogP contribution in [-0.2, 0) is 14.3 Å². The SMILES string of the molecule is CCCCCC/C=C\CCCCCCCC(=O)OCCCCCCCCCCC/C=C\C/C=C\CCCCCCCCCCCCCCCC(=O)NC(CO)C(O)/C=C/CCCCCCCCCC. The van der Waals surface area contributed by atoms with Gasteiger partial charge in [0.05, 0.1) is 25.4 Å². The molecule has 0 aliphatic carbocycles. The van der Waals surface area contributed by atoms with Crippen LogP contribution in [0.3, 0.4) is 0 Å². The van der Waals surface area contributed by atoms with E-state index in [0.717, 1.165) is 51.4 Å². The van der Waals surface area contributed by atoms with Crippen LogP contribution in [0.5, 0.6) is 0 Å². The number of hydrogen-bond donors (Lipinski definition) is 3. The third-order valence-electron chi connectivity index (χ3n) is 13.8. The molecule has 0 aromatic heterocycles. The van der Waals surface area contributed by atoms with Crippen molar-refractivity contribution in [3.05, 3.63) is 48.6 Å². The maximum absolute atomic E-state index is 12.4. The van der Waals surface area contributed by atoms with Crippen LogP contribution in [0, 0.1) is 0 Å². The highest BCUT2D eigenvalue weighted by Crippen LogP contribution is 2.16. The molecule has 2 unspecified atom stereocenters. The zero-order chi connectivity index (χ0) is 50.0. The molecule has 6 heteroatoms. The lowest BCUT2D eigenvalue weighted by Crippen LogP contribution is -2.45. The van der Waals surface area contributed by atoms with Gasteiger partial charge in [0, 0.05) is 12.8 Å². The molecule has 0 aromatic carbocycles. The van der Waals surface area contributed by atoms with Crippen molar-refractivity contribution in [3.63, 3.8) is 0 Å². The highest BCUT2D eigenvalue weighted by molar-refractivity contribution is 5.76. The van der Waals surface area contributed by atoms with Crippen LogP contribution in [0.1, 0.15) is 316 Å². The van der Waals surface area contributed by atoms with Gasteiger partial charge in [-0.2, -0.15) is 0 Å². The lowest BCUT2D eigenvalue weighted by atomic mass is 10.0. The second-order valence-corrected chi connectivity index (χ2v) is 20.7. The van der Waals surface area contributed by atoms with E-state index < -0.39 is 12.1 Å². The standard InChI is InChI=1S/C63H117NO5/c1-3-5-7-9-11-13-15-33-37-41-45-49-53-57-63(68)69-58-54-50-46-42-38-35-32-30-28-26-24-22-20-18-16-17-19-21-23-25-27-29-31-34-36-40-44-48-52-56-62(67)64-60(59-65)61(66)55-51-47-43-39-14-12-10-8-6-4-2/h13,15-16,18,22,24,51,55,60-61,65-66H,3-12,14,17,19-21,23,25-50,52-54,56-59H2,1-2H3,(H,64,67)/b15-13-,18-16-,24-22-,55-51+. The molecule has 0 heterocycles. The summed E-state index contributed by atoms with van der Waals surface area (Å²) in [5.74, 6) is -0.0692. The Morgan fingerprint density at radius 1 is 0.406 bits per heavy atom. The Kier molecular flexibility index (Phi) is 56.5. The number of carbonyl (C=O) groups is 2. The van der Waals surface area contributed by atoms with E-state index in [9.17, 15) is 19.8 Å². The van der Waals surface area contributed by atoms with Crippen molar-refractivity contribution < 1.29 is 24.5 Å². The molecular weight excluding hydrogens is 851 g/mol. The van der Waals surface area contributed by atoms with Crippen molar-refractivity contribution in [2.75, 3.05) is 13.2 Å². The zero-order valence-corrected chi connectivity index (χ0v) is 46.0. The number of unbranched alkanes of at least 4 members (excludes halogenated alkanes) is 39. The molecule has 404 valence electrons. The molecule has 6 nitrogen and oxygen atoms in total. The average Bonchev–Trinajstić information content (AvgIpc) is 3.35. The van der Waals surface area contributed by atoms with Gasteiger partial charge in [0.2, 0.25) is 5.91 Å². The summed E-state index contributed by atoms with van der Waals surface area (Å²) in [5, 5.41) is 23.0. The van der Waals surface area contributed by atoms with E-state index in [0.29, 0.717) is 19.4 Å². The fraction of sp³-hybridized carbons (Fsp3) is 0.841. The van der Waals surface area contributed by atoms with Crippen LogP contribution >= 0.6 is 0 Å². The van der Waals surface area contributed by atoms with E-state index in [4.69, 9.17) is 4.74 Å². The number of amides is 1. The molecule has 0 aliphatic heterocycles. The van der Waals surface area contributed by atoms with Crippen LogP contribution in [0.4, 0.5) is 0 Å². The van der Waals surface area contributed by atoms with Crippen LogP contribution < -0.4 is 5.32 Å². The van der Waals surface area contributed by atoms with Gasteiger partial charge in [0.15, 0.2) is 0 Å². The fourth-order valence-corrected chi connectivity index (χ4v) is 9.13. The first kappa shape index (κ1) is 66.8. The Morgan fingerprint density at radius 3 is 1.13 bits per heavy atom. The predicted molar refractivity (Wildman–Crippen MR) is 301 cm³/mol. The molecule has 0 spiro atoms. The molecule has 0 aliphatic rings. The van der Waals surface area contributed by atoms with Crippen LogP contribution in [0.25, 0.3) is 0 Å². The molecule has 1 amide bonds. The Labute approximate surface area is 429 Å². The zero-order valence-electron chi connectivity index (χ0n) is 46.0. The molecule has 0 rings (SSSR count). The summed E-state index contributed by atoms with van der Waals surface area (Å²) in [6.07, 6.45) is 74.5. The van der Waals surface area contributed by atoms with Gasteiger partial charge < -0.3 is 20.3 Å². The Hall–Kier alpha value is -2.18. The minimum absolute atomic E-state index is 0.00185. The monoisotopic (exact) mass is 968 g/mol. The van der Waals surface area contributed by atoms with Crippen LogP contribution in [0.2, 0.25) is 0 Å². The summed E-state index contributed by atoms with van der Waals surface area (Å²) in [4.78, 5) is 24.4. The van der Waals surface area contributed by atoms with Crippen LogP contribution in [0.15, 0.2) is 48.6 Å². The molecule has 69 heavy (non-hydrogen) atoms. The number of allylic oxidation sites excluding steroid dienone is 7. The minimum atomic E-state index is -0.843. The highest BCUT2D eigenvalue weighted by Gasteiger charge is 2.18. The number of ether oxygens (including phenoxy) is 1. The maximum Gasteiger partial charge on any atom is 0.305 e. The number of rotatable bonds is 56. The van der Waals surface area contributed by atoms with E-state index in [1.54, 1.807) is 6.08 Å². The number of aliphatic hydroxyl groups excluding tert-OH is 2. The largest absolute Gasteiger partial charge is 0.466 e. The topological polar surface area (TPSA) is 95.9 Å². The first-order chi connectivity index (χ1) is 34.0. The van der Waals surface area contributed by atoms with E-state index in [1.807, 2.05) is 6.08 Å². The molecule has 0 aromatic rings. The summed E-state index contributed by atoms with van der Waals surface area (Å²) >= 11 is 0. The van der Waals surface area contributed by atoms with E-state index >= 15 is 0 Å². The van der Waals surface area contributed by atoms with Gasteiger partial charge in [-0.25, -0.2) is 0 Å². The summed E-state index contributed by atoms with van der Waals surface area (Å²) in [6, 6.07) is -0.627. The lowest BCUT2D eigenvalue weighted by molar-refractivity contribution is -0.143. The highest BCUT2D eigenvalue weighted by atomic mass is 16.5. The van der Waals surface area contributed by atoms with Gasteiger partial charge in [0.1, 0.15) is 0 Å². The fourth-order valence-electron chi connectivity index (χ4n) is 9.13. The Morgan fingerprint density at radius 2 is 0.725 bits per heavy atom. The second-order valence-electron chi connectivity index (χ2n) is 20.7. The van der Waals surface area contributed by atoms with Gasteiger partial charge in [0.25, 0.3) is 0 Å². The molecular formula is C63H117NO5. The summed E-state index contributed by atoms with van der Waals surface area (Å²) in [7, 11) is 0. The molecule has 0 radical (unpaired) electrons. The summed E-state index contributed by atoms with van der Waals surface area (Å²) < 4.78 is 5.47. The predicted octanol–water partition coefficient (Wildman–Crippen LogP) is 19.0. The summed E-state index contributed by atoms with van der Waals surface area (Å²) in [6.45, 7) is 4.86.